The third-order valence-corrected chi connectivity index (χ3v) is 2.95. The van der Waals surface area contributed by atoms with E-state index in [-0.39, 0.29) is 11.5 Å². The minimum atomic E-state index is 0.00509. The SMILES string of the molecule is Cc1cc(Br)cn(CCCC(=O)N(C)C)c1=O. The molecule has 5 heteroatoms. The molecule has 0 atom stereocenters. The number of amides is 1. The lowest BCUT2D eigenvalue weighted by Crippen LogP contribution is -2.24. The number of aromatic nitrogens is 1. The smallest absolute Gasteiger partial charge is 0.253 e. The summed E-state index contributed by atoms with van der Waals surface area (Å²) in [6.45, 7) is 2.35. The first kappa shape index (κ1) is 14.0. The molecule has 1 aromatic heterocycles. The summed E-state index contributed by atoms with van der Waals surface area (Å²) in [6, 6.07) is 1.80. The van der Waals surface area contributed by atoms with Gasteiger partial charge < -0.3 is 9.47 Å². The Hall–Kier alpha value is -1.10. The Morgan fingerprint density at radius 1 is 1.47 bits per heavy atom. The van der Waals surface area contributed by atoms with Gasteiger partial charge in [-0.2, -0.15) is 0 Å². The van der Waals surface area contributed by atoms with Gasteiger partial charge in [0.1, 0.15) is 0 Å². The van der Waals surface area contributed by atoms with Crippen molar-refractivity contribution < 1.29 is 4.79 Å². The lowest BCUT2D eigenvalue weighted by atomic mass is 10.2. The molecular formula is C12H17BrN2O2. The van der Waals surface area contributed by atoms with Crippen LogP contribution in [0.2, 0.25) is 0 Å². The monoisotopic (exact) mass is 300 g/mol. The highest BCUT2D eigenvalue weighted by molar-refractivity contribution is 9.10. The maximum Gasteiger partial charge on any atom is 0.253 e. The van der Waals surface area contributed by atoms with Crippen LogP contribution in [0.4, 0.5) is 0 Å². The van der Waals surface area contributed by atoms with Crippen LogP contribution in [0.1, 0.15) is 18.4 Å². The number of carbonyl (C=O) groups is 1. The molecule has 1 aromatic rings. The summed E-state index contributed by atoms with van der Waals surface area (Å²) in [6.07, 6.45) is 2.90. The molecule has 0 fully saturated rings. The summed E-state index contributed by atoms with van der Waals surface area (Å²) >= 11 is 3.36. The van der Waals surface area contributed by atoms with Gasteiger partial charge in [-0.3, -0.25) is 9.59 Å². The number of pyridine rings is 1. The lowest BCUT2D eigenvalue weighted by molar-refractivity contribution is -0.128. The molecule has 0 aromatic carbocycles. The third kappa shape index (κ3) is 4.00. The van der Waals surface area contributed by atoms with Crippen LogP contribution in [0.15, 0.2) is 21.5 Å². The summed E-state index contributed by atoms with van der Waals surface area (Å²) < 4.78 is 2.52. The van der Waals surface area contributed by atoms with E-state index in [1.54, 1.807) is 42.7 Å². The van der Waals surface area contributed by atoms with E-state index in [1.807, 2.05) is 0 Å². The van der Waals surface area contributed by atoms with E-state index in [1.165, 1.54) is 0 Å². The normalized spacial score (nSPS) is 10.4. The summed E-state index contributed by atoms with van der Waals surface area (Å²) in [7, 11) is 3.47. The Balaban J connectivity index is 2.64. The van der Waals surface area contributed by atoms with E-state index < -0.39 is 0 Å². The van der Waals surface area contributed by atoms with Crippen molar-refractivity contribution in [1.29, 1.82) is 0 Å². The highest BCUT2D eigenvalue weighted by Crippen LogP contribution is 2.08. The van der Waals surface area contributed by atoms with E-state index in [2.05, 4.69) is 15.9 Å². The second kappa shape index (κ2) is 6.00. The zero-order valence-corrected chi connectivity index (χ0v) is 12.0. The lowest BCUT2D eigenvalue weighted by Gasteiger charge is -2.11. The minimum absolute atomic E-state index is 0.00509. The van der Waals surface area contributed by atoms with E-state index in [9.17, 15) is 9.59 Å². The van der Waals surface area contributed by atoms with Gasteiger partial charge in [0.25, 0.3) is 5.56 Å². The van der Waals surface area contributed by atoms with Crippen molar-refractivity contribution in [2.45, 2.75) is 26.3 Å². The molecular weight excluding hydrogens is 284 g/mol. The van der Waals surface area contributed by atoms with Crippen LogP contribution >= 0.6 is 15.9 Å². The first-order chi connectivity index (χ1) is 7.91. The first-order valence-corrected chi connectivity index (χ1v) is 6.28. The third-order valence-electron chi connectivity index (χ3n) is 2.52. The van der Waals surface area contributed by atoms with Crippen molar-refractivity contribution in [2.75, 3.05) is 14.1 Å². The van der Waals surface area contributed by atoms with Crippen molar-refractivity contribution >= 4 is 21.8 Å². The second-order valence-corrected chi connectivity index (χ2v) is 5.15. The quantitative estimate of drug-likeness (QED) is 0.851. The molecule has 0 saturated heterocycles. The van der Waals surface area contributed by atoms with Gasteiger partial charge in [0.05, 0.1) is 0 Å². The highest BCUT2D eigenvalue weighted by Gasteiger charge is 2.05. The predicted octanol–water partition coefficient (Wildman–Crippen LogP) is 1.79. The largest absolute Gasteiger partial charge is 0.349 e. The molecule has 0 aliphatic rings. The van der Waals surface area contributed by atoms with Crippen LogP contribution in [0.5, 0.6) is 0 Å². The van der Waals surface area contributed by atoms with Gasteiger partial charge in [0.2, 0.25) is 5.91 Å². The van der Waals surface area contributed by atoms with Crippen LogP contribution in [0, 0.1) is 6.92 Å². The van der Waals surface area contributed by atoms with Gasteiger partial charge in [0, 0.05) is 43.3 Å². The Labute approximate surface area is 109 Å². The Bertz CT molecular complexity index is 466. The molecule has 0 N–H and O–H groups in total. The Kier molecular flexibility index (Phi) is 4.93. The molecule has 0 spiro atoms. The summed E-state index contributed by atoms with van der Waals surface area (Å²) in [5, 5.41) is 0. The zero-order chi connectivity index (χ0) is 13.0. The Morgan fingerprint density at radius 2 is 2.12 bits per heavy atom. The van der Waals surface area contributed by atoms with Gasteiger partial charge in [-0.25, -0.2) is 0 Å². The fourth-order valence-electron chi connectivity index (χ4n) is 1.53. The maximum atomic E-state index is 11.8. The molecule has 0 unspecified atom stereocenters. The number of nitrogens with zero attached hydrogens (tertiary/aromatic N) is 2. The fraction of sp³-hybridized carbons (Fsp3) is 0.500. The summed E-state index contributed by atoms with van der Waals surface area (Å²) in [4.78, 5) is 24.7. The molecule has 94 valence electrons. The molecule has 1 heterocycles. The van der Waals surface area contributed by atoms with E-state index >= 15 is 0 Å². The molecule has 0 bridgehead atoms. The van der Waals surface area contributed by atoms with Crippen LogP contribution in [0.25, 0.3) is 0 Å². The number of rotatable bonds is 4. The molecule has 1 amide bonds. The highest BCUT2D eigenvalue weighted by atomic mass is 79.9. The van der Waals surface area contributed by atoms with Gasteiger partial charge in [-0.05, 0) is 35.3 Å². The van der Waals surface area contributed by atoms with E-state index in [0.717, 1.165) is 4.47 Å². The standard InChI is InChI=1S/C12H17BrN2O2/c1-9-7-10(13)8-15(12(9)17)6-4-5-11(16)14(2)3/h7-8H,4-6H2,1-3H3. The molecule has 4 nitrogen and oxygen atoms in total. The number of hydrogen-bond acceptors (Lipinski definition) is 2. The van der Waals surface area contributed by atoms with Crippen molar-refractivity contribution in [2.24, 2.45) is 0 Å². The van der Waals surface area contributed by atoms with Crippen LogP contribution < -0.4 is 5.56 Å². The van der Waals surface area contributed by atoms with Crippen molar-refractivity contribution in [3.05, 3.63) is 32.7 Å². The average molecular weight is 301 g/mol. The molecule has 0 radical (unpaired) electrons. The van der Waals surface area contributed by atoms with Crippen LogP contribution in [0.3, 0.4) is 0 Å². The summed E-state index contributed by atoms with van der Waals surface area (Å²) in [5.74, 6) is 0.0877. The number of carbonyl (C=O) groups excluding carboxylic acids is 1. The molecule has 0 saturated carbocycles. The van der Waals surface area contributed by atoms with E-state index in [4.69, 9.17) is 0 Å². The maximum absolute atomic E-state index is 11.8. The predicted molar refractivity (Wildman–Crippen MR) is 71.1 cm³/mol. The molecule has 17 heavy (non-hydrogen) atoms. The molecule has 0 aliphatic carbocycles. The van der Waals surface area contributed by atoms with Gasteiger partial charge in [-0.15, -0.1) is 0 Å². The van der Waals surface area contributed by atoms with Gasteiger partial charge >= 0.3 is 0 Å². The van der Waals surface area contributed by atoms with Gasteiger partial charge in [-0.1, -0.05) is 0 Å². The Morgan fingerprint density at radius 3 is 2.71 bits per heavy atom. The minimum Gasteiger partial charge on any atom is -0.349 e. The van der Waals surface area contributed by atoms with Gasteiger partial charge in [0.15, 0.2) is 0 Å². The zero-order valence-electron chi connectivity index (χ0n) is 10.4. The van der Waals surface area contributed by atoms with Crippen molar-refractivity contribution in [3.8, 4) is 0 Å². The summed E-state index contributed by atoms with van der Waals surface area (Å²) in [5.41, 5.74) is 0.712. The number of aryl methyl sites for hydroxylation is 2. The van der Waals surface area contributed by atoms with Crippen molar-refractivity contribution in [1.82, 2.24) is 9.47 Å². The second-order valence-electron chi connectivity index (χ2n) is 4.23. The molecule has 1 rings (SSSR count). The average Bonchev–Trinajstić information content (AvgIpc) is 2.24. The topological polar surface area (TPSA) is 42.3 Å². The van der Waals surface area contributed by atoms with Crippen LogP contribution in [-0.2, 0) is 11.3 Å². The van der Waals surface area contributed by atoms with E-state index in [0.29, 0.717) is 24.9 Å². The van der Waals surface area contributed by atoms with Crippen LogP contribution in [-0.4, -0.2) is 29.5 Å². The fourth-order valence-corrected chi connectivity index (χ4v) is 2.12. The molecule has 0 aliphatic heterocycles. The number of halogens is 1. The number of hydrogen-bond donors (Lipinski definition) is 0. The first-order valence-electron chi connectivity index (χ1n) is 5.48. The van der Waals surface area contributed by atoms with Crippen molar-refractivity contribution in [3.63, 3.8) is 0 Å².